The smallest absolute Gasteiger partial charge is 0.229 e. The molecule has 0 aliphatic heterocycles. The Balaban J connectivity index is 2.07. The zero-order chi connectivity index (χ0) is 11.4. The molecule has 0 saturated heterocycles. The molecule has 4 nitrogen and oxygen atoms in total. The Kier molecular flexibility index (Phi) is 3.46. The van der Waals surface area contributed by atoms with E-state index in [1.165, 1.54) is 17.1 Å². The van der Waals surface area contributed by atoms with E-state index in [0.717, 1.165) is 17.2 Å². The van der Waals surface area contributed by atoms with Gasteiger partial charge in [0.15, 0.2) is 0 Å². The van der Waals surface area contributed by atoms with Crippen molar-refractivity contribution in [3.8, 4) is 0 Å². The van der Waals surface area contributed by atoms with Crippen LogP contribution in [0.25, 0.3) is 0 Å². The SMILES string of the molecule is CCC(C)c1ccc(Nc2nnns2)cc1. The topological polar surface area (TPSA) is 50.7 Å². The third-order valence-electron chi connectivity index (χ3n) is 2.64. The summed E-state index contributed by atoms with van der Waals surface area (Å²) in [6.45, 7) is 4.43. The average molecular weight is 234 g/mol. The molecule has 0 amide bonds. The maximum Gasteiger partial charge on any atom is 0.229 e. The van der Waals surface area contributed by atoms with Crippen molar-refractivity contribution >= 4 is 22.4 Å². The third kappa shape index (κ3) is 2.55. The molecule has 1 heterocycles. The molecule has 5 heteroatoms. The largest absolute Gasteiger partial charge is 0.329 e. The monoisotopic (exact) mass is 234 g/mol. The third-order valence-corrected chi connectivity index (χ3v) is 3.15. The van der Waals surface area contributed by atoms with Crippen molar-refractivity contribution in [3.05, 3.63) is 29.8 Å². The molecule has 0 aliphatic carbocycles. The summed E-state index contributed by atoms with van der Waals surface area (Å²) in [7, 11) is 0. The lowest BCUT2D eigenvalue weighted by Gasteiger charge is -2.09. The second-order valence-corrected chi connectivity index (χ2v) is 4.46. The van der Waals surface area contributed by atoms with Gasteiger partial charge < -0.3 is 5.32 Å². The molecule has 2 rings (SSSR count). The molecule has 0 radical (unpaired) electrons. The Labute approximate surface area is 98.9 Å². The number of hydrogen-bond acceptors (Lipinski definition) is 5. The van der Waals surface area contributed by atoms with Gasteiger partial charge >= 0.3 is 0 Å². The van der Waals surface area contributed by atoms with Gasteiger partial charge in [-0.1, -0.05) is 35.6 Å². The minimum absolute atomic E-state index is 0.609. The number of rotatable bonds is 4. The first kappa shape index (κ1) is 11.0. The fourth-order valence-electron chi connectivity index (χ4n) is 1.44. The van der Waals surface area contributed by atoms with E-state index in [4.69, 9.17) is 0 Å². The average Bonchev–Trinajstić information content (AvgIpc) is 2.82. The van der Waals surface area contributed by atoms with Crippen LogP contribution in [-0.4, -0.2) is 14.8 Å². The molecule has 0 aliphatic rings. The lowest BCUT2D eigenvalue weighted by atomic mass is 9.99. The first-order valence-corrected chi connectivity index (χ1v) is 6.09. The van der Waals surface area contributed by atoms with E-state index in [-0.39, 0.29) is 0 Å². The van der Waals surface area contributed by atoms with Gasteiger partial charge in [-0.25, -0.2) is 0 Å². The summed E-state index contributed by atoms with van der Waals surface area (Å²) in [6, 6.07) is 8.40. The minimum atomic E-state index is 0.609. The zero-order valence-electron chi connectivity index (χ0n) is 9.34. The molecular formula is C11H14N4S. The predicted octanol–water partition coefficient (Wildman–Crippen LogP) is 3.19. The summed E-state index contributed by atoms with van der Waals surface area (Å²) >= 11 is 1.25. The van der Waals surface area contributed by atoms with Gasteiger partial charge in [0.05, 0.1) is 0 Å². The first-order chi connectivity index (χ1) is 7.79. The van der Waals surface area contributed by atoms with E-state index in [0.29, 0.717) is 5.92 Å². The normalized spacial score (nSPS) is 12.4. The molecule has 1 unspecified atom stereocenters. The molecule has 1 aromatic heterocycles. The number of benzene rings is 1. The summed E-state index contributed by atoms with van der Waals surface area (Å²) in [6.07, 6.45) is 1.16. The van der Waals surface area contributed by atoms with Crippen LogP contribution in [0.1, 0.15) is 31.7 Å². The number of anilines is 2. The molecule has 0 saturated carbocycles. The molecule has 0 fully saturated rings. The van der Waals surface area contributed by atoms with Crippen LogP contribution in [0, 0.1) is 0 Å². The van der Waals surface area contributed by atoms with Crippen molar-refractivity contribution in [1.29, 1.82) is 0 Å². The van der Waals surface area contributed by atoms with Crippen LogP contribution in [0.15, 0.2) is 24.3 Å². The zero-order valence-corrected chi connectivity index (χ0v) is 10.2. The summed E-state index contributed by atoms with van der Waals surface area (Å²) in [5.41, 5.74) is 2.38. The second kappa shape index (κ2) is 5.03. The lowest BCUT2D eigenvalue weighted by molar-refractivity contribution is 0.734. The van der Waals surface area contributed by atoms with E-state index in [2.05, 4.69) is 58.2 Å². The van der Waals surface area contributed by atoms with Crippen LogP contribution in [0.2, 0.25) is 0 Å². The minimum Gasteiger partial charge on any atom is -0.329 e. The summed E-state index contributed by atoms with van der Waals surface area (Å²) in [5, 5.41) is 11.2. The molecule has 1 atom stereocenters. The summed E-state index contributed by atoms with van der Waals surface area (Å²) in [5.74, 6) is 0.609. The van der Waals surface area contributed by atoms with Crippen molar-refractivity contribution in [1.82, 2.24) is 14.8 Å². The Morgan fingerprint density at radius 2 is 2.06 bits per heavy atom. The van der Waals surface area contributed by atoms with Crippen molar-refractivity contribution in [2.24, 2.45) is 0 Å². The number of aromatic nitrogens is 3. The van der Waals surface area contributed by atoms with Crippen LogP contribution < -0.4 is 5.32 Å². The molecule has 1 aromatic carbocycles. The fourth-order valence-corrected chi connectivity index (χ4v) is 1.82. The summed E-state index contributed by atoms with van der Waals surface area (Å²) in [4.78, 5) is 0. The standard InChI is InChI=1S/C11H14N4S/c1-3-8(2)9-4-6-10(7-5-9)12-11-13-14-15-16-11/h4-8H,3H2,1-2H3,(H,12,13,15). The molecule has 0 spiro atoms. The predicted molar refractivity (Wildman–Crippen MR) is 66.1 cm³/mol. The number of nitrogens with zero attached hydrogens (tertiary/aromatic N) is 3. The van der Waals surface area contributed by atoms with Crippen LogP contribution in [-0.2, 0) is 0 Å². The Morgan fingerprint density at radius 3 is 2.62 bits per heavy atom. The molecule has 1 N–H and O–H groups in total. The Bertz CT molecular complexity index is 424. The highest BCUT2D eigenvalue weighted by Gasteiger charge is 2.03. The van der Waals surface area contributed by atoms with E-state index >= 15 is 0 Å². The fraction of sp³-hybridized carbons (Fsp3) is 0.364. The molecule has 0 bridgehead atoms. The summed E-state index contributed by atoms with van der Waals surface area (Å²) < 4.78 is 3.70. The lowest BCUT2D eigenvalue weighted by Crippen LogP contribution is -1.93. The van der Waals surface area contributed by atoms with E-state index in [1.807, 2.05) is 0 Å². The van der Waals surface area contributed by atoms with Crippen LogP contribution in [0.4, 0.5) is 10.8 Å². The molecule has 2 aromatic rings. The van der Waals surface area contributed by atoms with Crippen molar-refractivity contribution < 1.29 is 0 Å². The highest BCUT2D eigenvalue weighted by atomic mass is 32.1. The highest BCUT2D eigenvalue weighted by Crippen LogP contribution is 2.22. The van der Waals surface area contributed by atoms with Gasteiger partial charge in [-0.15, -0.1) is 0 Å². The van der Waals surface area contributed by atoms with Gasteiger partial charge in [-0.05, 0) is 35.2 Å². The second-order valence-electron chi connectivity index (χ2n) is 3.72. The quantitative estimate of drug-likeness (QED) is 0.882. The highest BCUT2D eigenvalue weighted by molar-refractivity contribution is 7.09. The van der Waals surface area contributed by atoms with E-state index in [9.17, 15) is 0 Å². The Morgan fingerprint density at radius 1 is 1.31 bits per heavy atom. The first-order valence-electron chi connectivity index (χ1n) is 5.31. The van der Waals surface area contributed by atoms with E-state index < -0.39 is 0 Å². The molecule has 84 valence electrons. The van der Waals surface area contributed by atoms with Gasteiger partial charge in [0, 0.05) is 17.2 Å². The van der Waals surface area contributed by atoms with Crippen LogP contribution in [0.5, 0.6) is 0 Å². The van der Waals surface area contributed by atoms with Crippen molar-refractivity contribution in [3.63, 3.8) is 0 Å². The van der Waals surface area contributed by atoms with Gasteiger partial charge in [0.1, 0.15) is 0 Å². The molecular weight excluding hydrogens is 220 g/mol. The van der Waals surface area contributed by atoms with Crippen molar-refractivity contribution in [2.45, 2.75) is 26.2 Å². The van der Waals surface area contributed by atoms with Gasteiger partial charge in [-0.2, -0.15) is 0 Å². The van der Waals surface area contributed by atoms with Gasteiger partial charge in [0.25, 0.3) is 0 Å². The van der Waals surface area contributed by atoms with Crippen LogP contribution in [0.3, 0.4) is 0 Å². The maximum absolute atomic E-state index is 3.83. The Hall–Kier alpha value is -1.49. The van der Waals surface area contributed by atoms with Gasteiger partial charge in [0.2, 0.25) is 5.13 Å². The van der Waals surface area contributed by atoms with E-state index in [1.54, 1.807) is 0 Å². The molecule has 16 heavy (non-hydrogen) atoms. The van der Waals surface area contributed by atoms with Gasteiger partial charge in [-0.3, -0.25) is 0 Å². The maximum atomic E-state index is 3.83. The number of hydrogen-bond donors (Lipinski definition) is 1. The van der Waals surface area contributed by atoms with Crippen molar-refractivity contribution in [2.75, 3.05) is 5.32 Å². The van der Waals surface area contributed by atoms with Crippen LogP contribution >= 0.6 is 11.5 Å². The number of nitrogens with one attached hydrogen (secondary N) is 1.